The quantitative estimate of drug-likeness (QED) is 0.356. The first-order chi connectivity index (χ1) is 14.2. The standard InChI is InChI=1S/C23H36N4O2/c1-17-9-11-18(12-10-17)21-20(8-4-15-29-21)16-27-23(24-2)26-14-5-13-25-22(28)19-6-3-7-19/h9-12,19-21H,3-8,13-16H2,1-2H3,(H,25,28)(H2,24,26,27). The molecule has 3 N–H and O–H groups in total. The molecule has 1 aromatic rings. The molecule has 1 saturated heterocycles. The van der Waals surface area contributed by atoms with E-state index < -0.39 is 0 Å². The highest BCUT2D eigenvalue weighted by molar-refractivity contribution is 5.80. The number of nitrogens with zero attached hydrogens (tertiary/aromatic N) is 1. The van der Waals surface area contributed by atoms with Crippen LogP contribution >= 0.6 is 0 Å². The van der Waals surface area contributed by atoms with Crippen LogP contribution in [0.1, 0.15) is 55.8 Å². The van der Waals surface area contributed by atoms with Crippen molar-refractivity contribution in [3.8, 4) is 0 Å². The van der Waals surface area contributed by atoms with Crippen molar-refractivity contribution in [1.82, 2.24) is 16.0 Å². The molecule has 2 atom stereocenters. The zero-order chi connectivity index (χ0) is 20.5. The maximum atomic E-state index is 11.8. The van der Waals surface area contributed by atoms with Crippen LogP contribution in [0, 0.1) is 18.8 Å². The molecule has 1 heterocycles. The first kappa shape index (κ1) is 21.6. The number of nitrogens with one attached hydrogen (secondary N) is 3. The van der Waals surface area contributed by atoms with Crippen molar-refractivity contribution in [3.05, 3.63) is 35.4 Å². The fourth-order valence-electron chi connectivity index (χ4n) is 3.95. The third-order valence-electron chi connectivity index (χ3n) is 6.03. The lowest BCUT2D eigenvalue weighted by atomic mass is 9.85. The van der Waals surface area contributed by atoms with Gasteiger partial charge in [-0.3, -0.25) is 9.79 Å². The largest absolute Gasteiger partial charge is 0.373 e. The van der Waals surface area contributed by atoms with Gasteiger partial charge in [0, 0.05) is 45.1 Å². The second-order valence-electron chi connectivity index (χ2n) is 8.26. The van der Waals surface area contributed by atoms with Crippen LogP contribution in [-0.4, -0.2) is 45.2 Å². The number of guanidine groups is 1. The van der Waals surface area contributed by atoms with Crippen LogP contribution in [0.25, 0.3) is 0 Å². The minimum atomic E-state index is 0.136. The van der Waals surface area contributed by atoms with Crippen molar-refractivity contribution in [2.24, 2.45) is 16.8 Å². The number of carbonyl (C=O) groups excluding carboxylic acids is 1. The van der Waals surface area contributed by atoms with Crippen molar-refractivity contribution in [3.63, 3.8) is 0 Å². The molecule has 0 radical (unpaired) electrons. The number of amides is 1. The van der Waals surface area contributed by atoms with Gasteiger partial charge in [-0.15, -0.1) is 0 Å². The van der Waals surface area contributed by atoms with Gasteiger partial charge in [0.25, 0.3) is 0 Å². The number of ether oxygens (including phenoxy) is 1. The Hall–Kier alpha value is -2.08. The topological polar surface area (TPSA) is 74.8 Å². The molecule has 0 bridgehead atoms. The number of hydrogen-bond acceptors (Lipinski definition) is 3. The van der Waals surface area contributed by atoms with Gasteiger partial charge in [-0.2, -0.15) is 0 Å². The van der Waals surface area contributed by atoms with Gasteiger partial charge < -0.3 is 20.7 Å². The van der Waals surface area contributed by atoms with E-state index in [9.17, 15) is 4.79 Å². The minimum absolute atomic E-state index is 0.136. The van der Waals surface area contributed by atoms with Gasteiger partial charge in [0.15, 0.2) is 5.96 Å². The summed E-state index contributed by atoms with van der Waals surface area (Å²) >= 11 is 0. The normalized spacial score (nSPS) is 22.6. The van der Waals surface area contributed by atoms with Crippen molar-refractivity contribution in [2.75, 3.05) is 33.3 Å². The van der Waals surface area contributed by atoms with E-state index in [1.165, 1.54) is 17.5 Å². The molecule has 0 spiro atoms. The average Bonchev–Trinajstić information content (AvgIpc) is 2.69. The summed E-state index contributed by atoms with van der Waals surface area (Å²) in [5.74, 6) is 1.71. The summed E-state index contributed by atoms with van der Waals surface area (Å²) in [6, 6.07) is 8.68. The molecule has 1 aliphatic heterocycles. The molecule has 1 aromatic carbocycles. The van der Waals surface area contributed by atoms with Crippen LogP contribution < -0.4 is 16.0 Å². The van der Waals surface area contributed by atoms with Crippen LogP contribution in [0.3, 0.4) is 0 Å². The lowest BCUT2D eigenvalue weighted by Crippen LogP contribution is -2.43. The van der Waals surface area contributed by atoms with Crippen molar-refractivity contribution in [2.45, 2.75) is 51.6 Å². The van der Waals surface area contributed by atoms with E-state index in [4.69, 9.17) is 4.74 Å². The molecule has 6 nitrogen and oxygen atoms in total. The Labute approximate surface area is 174 Å². The molecule has 0 aromatic heterocycles. The number of rotatable bonds is 8. The van der Waals surface area contributed by atoms with Crippen LogP contribution in [0.2, 0.25) is 0 Å². The number of aliphatic imine (C=N–C) groups is 1. The summed E-state index contributed by atoms with van der Waals surface area (Å²) in [5.41, 5.74) is 2.53. The fraction of sp³-hybridized carbons (Fsp3) is 0.652. The molecule has 3 rings (SSSR count). The van der Waals surface area contributed by atoms with E-state index in [0.29, 0.717) is 12.5 Å². The molecule has 1 amide bonds. The summed E-state index contributed by atoms with van der Waals surface area (Å²) in [5, 5.41) is 9.84. The smallest absolute Gasteiger partial charge is 0.223 e. The zero-order valence-electron chi connectivity index (χ0n) is 17.9. The molecular formula is C23H36N4O2. The van der Waals surface area contributed by atoms with E-state index in [1.54, 1.807) is 7.05 Å². The van der Waals surface area contributed by atoms with E-state index in [-0.39, 0.29) is 17.9 Å². The lowest BCUT2D eigenvalue weighted by molar-refractivity contribution is -0.127. The molecule has 2 unspecified atom stereocenters. The highest BCUT2D eigenvalue weighted by Gasteiger charge is 2.27. The molecule has 1 saturated carbocycles. The lowest BCUT2D eigenvalue weighted by Gasteiger charge is -2.32. The first-order valence-electron chi connectivity index (χ1n) is 11.1. The van der Waals surface area contributed by atoms with Gasteiger partial charge >= 0.3 is 0 Å². The Morgan fingerprint density at radius 2 is 1.83 bits per heavy atom. The predicted octanol–water partition coefficient (Wildman–Crippen LogP) is 2.93. The van der Waals surface area contributed by atoms with Gasteiger partial charge in [0.1, 0.15) is 0 Å². The number of hydrogen-bond donors (Lipinski definition) is 3. The number of benzene rings is 1. The molecule has 6 heteroatoms. The molecule has 29 heavy (non-hydrogen) atoms. The summed E-state index contributed by atoms with van der Waals surface area (Å²) in [6.07, 6.45) is 6.56. The van der Waals surface area contributed by atoms with E-state index in [2.05, 4.69) is 52.1 Å². The zero-order valence-corrected chi connectivity index (χ0v) is 17.9. The van der Waals surface area contributed by atoms with Gasteiger partial charge in [0.2, 0.25) is 5.91 Å². The van der Waals surface area contributed by atoms with Gasteiger partial charge in [-0.05, 0) is 44.6 Å². The van der Waals surface area contributed by atoms with E-state index in [0.717, 1.165) is 57.8 Å². The van der Waals surface area contributed by atoms with Crippen LogP contribution in [0.4, 0.5) is 0 Å². The summed E-state index contributed by atoms with van der Waals surface area (Å²) < 4.78 is 6.11. The summed E-state index contributed by atoms with van der Waals surface area (Å²) in [7, 11) is 1.79. The molecule has 160 valence electrons. The third kappa shape index (κ3) is 6.46. The second kappa shape index (κ2) is 11.2. The van der Waals surface area contributed by atoms with Crippen LogP contribution in [0.5, 0.6) is 0 Å². The SMILES string of the molecule is CN=C(NCCCNC(=O)C1CCC1)NCC1CCCOC1c1ccc(C)cc1. The molecule has 1 aliphatic carbocycles. The van der Waals surface area contributed by atoms with Gasteiger partial charge in [-0.25, -0.2) is 0 Å². The monoisotopic (exact) mass is 400 g/mol. The molecule has 2 aliphatic rings. The number of carbonyl (C=O) groups is 1. The Balaban J connectivity index is 1.38. The maximum Gasteiger partial charge on any atom is 0.223 e. The van der Waals surface area contributed by atoms with Crippen LogP contribution in [0.15, 0.2) is 29.3 Å². The summed E-state index contributed by atoms with van der Waals surface area (Å²) in [6.45, 7) is 5.27. The van der Waals surface area contributed by atoms with E-state index in [1.807, 2.05) is 0 Å². The Bertz CT molecular complexity index is 670. The fourth-order valence-corrected chi connectivity index (χ4v) is 3.95. The van der Waals surface area contributed by atoms with Crippen molar-refractivity contribution >= 4 is 11.9 Å². The second-order valence-corrected chi connectivity index (χ2v) is 8.26. The highest BCUT2D eigenvalue weighted by Crippen LogP contribution is 2.33. The van der Waals surface area contributed by atoms with Crippen molar-refractivity contribution < 1.29 is 9.53 Å². The van der Waals surface area contributed by atoms with E-state index >= 15 is 0 Å². The third-order valence-corrected chi connectivity index (χ3v) is 6.03. The average molecular weight is 401 g/mol. The van der Waals surface area contributed by atoms with Crippen molar-refractivity contribution in [1.29, 1.82) is 0 Å². The highest BCUT2D eigenvalue weighted by atomic mass is 16.5. The van der Waals surface area contributed by atoms with Gasteiger partial charge in [-0.1, -0.05) is 36.2 Å². The van der Waals surface area contributed by atoms with Crippen LogP contribution in [-0.2, 0) is 9.53 Å². The Morgan fingerprint density at radius 3 is 2.52 bits per heavy atom. The first-order valence-corrected chi connectivity index (χ1v) is 11.1. The Morgan fingerprint density at radius 1 is 1.07 bits per heavy atom. The molecule has 2 fully saturated rings. The van der Waals surface area contributed by atoms with Gasteiger partial charge in [0.05, 0.1) is 6.10 Å². The minimum Gasteiger partial charge on any atom is -0.373 e. The number of aryl methyl sites for hydroxylation is 1. The summed E-state index contributed by atoms with van der Waals surface area (Å²) in [4.78, 5) is 16.2. The predicted molar refractivity (Wildman–Crippen MR) is 117 cm³/mol. The maximum absolute atomic E-state index is 11.8. The Kier molecular flexibility index (Phi) is 8.35. The molecular weight excluding hydrogens is 364 g/mol.